The molecule has 0 aliphatic heterocycles. The Kier molecular flexibility index (Phi) is 1.90. The van der Waals surface area contributed by atoms with Crippen LogP contribution in [0.2, 0.25) is 0 Å². The molecule has 3 aromatic rings. The van der Waals surface area contributed by atoms with Crippen LogP contribution < -0.4 is 5.73 Å². The van der Waals surface area contributed by atoms with Crippen LogP contribution in [-0.4, -0.2) is 19.6 Å². The van der Waals surface area contributed by atoms with Crippen LogP contribution in [0.1, 0.15) is 4.88 Å². The molecule has 6 heteroatoms. The zero-order valence-corrected chi connectivity index (χ0v) is 9.40. The lowest BCUT2D eigenvalue weighted by molar-refractivity contribution is 0.980. The van der Waals surface area contributed by atoms with Gasteiger partial charge in [0.05, 0.1) is 5.69 Å². The van der Waals surface area contributed by atoms with E-state index in [1.807, 2.05) is 25.1 Å². The van der Waals surface area contributed by atoms with Gasteiger partial charge in [0.15, 0.2) is 0 Å². The number of hydrogen-bond acceptors (Lipinski definition) is 5. The van der Waals surface area contributed by atoms with E-state index in [-0.39, 0.29) is 0 Å². The van der Waals surface area contributed by atoms with Gasteiger partial charge in [0.2, 0.25) is 10.9 Å². The van der Waals surface area contributed by atoms with Crippen LogP contribution in [0, 0.1) is 6.92 Å². The first-order valence-corrected chi connectivity index (χ1v) is 5.60. The molecule has 0 atom stereocenters. The summed E-state index contributed by atoms with van der Waals surface area (Å²) >= 11 is 1.56. The molecule has 0 saturated heterocycles. The largest absolute Gasteiger partial charge is 0.366 e. The monoisotopic (exact) mass is 231 g/mol. The van der Waals surface area contributed by atoms with Crippen LogP contribution in [0.5, 0.6) is 0 Å². The fraction of sp³-hybridized carbons (Fsp3) is 0.100. The third-order valence-electron chi connectivity index (χ3n) is 2.29. The molecule has 0 aliphatic carbocycles. The van der Waals surface area contributed by atoms with Crippen LogP contribution in [0.25, 0.3) is 16.3 Å². The van der Waals surface area contributed by atoms with Crippen molar-refractivity contribution in [3.63, 3.8) is 0 Å². The van der Waals surface area contributed by atoms with Gasteiger partial charge in [-0.1, -0.05) is 17.4 Å². The van der Waals surface area contributed by atoms with E-state index in [4.69, 9.17) is 5.73 Å². The Morgan fingerprint density at radius 1 is 1.38 bits per heavy atom. The summed E-state index contributed by atoms with van der Waals surface area (Å²) in [4.78, 5) is 10.4. The average molecular weight is 231 g/mol. The number of hydrogen-bond donors (Lipinski definition) is 1. The van der Waals surface area contributed by atoms with Crippen molar-refractivity contribution in [3.05, 3.63) is 29.3 Å². The molecule has 5 nitrogen and oxygen atoms in total. The van der Waals surface area contributed by atoms with Crippen molar-refractivity contribution in [3.8, 4) is 11.4 Å². The SMILES string of the molecule is Cc1sc2nc(N)nn2c1-c1ccccn1. The summed E-state index contributed by atoms with van der Waals surface area (Å²) in [6.45, 7) is 2.03. The Labute approximate surface area is 95.6 Å². The molecule has 0 amide bonds. The first-order valence-electron chi connectivity index (χ1n) is 4.79. The minimum Gasteiger partial charge on any atom is -0.366 e. The summed E-state index contributed by atoms with van der Waals surface area (Å²) in [6.07, 6.45) is 1.76. The smallest absolute Gasteiger partial charge is 0.241 e. The van der Waals surface area contributed by atoms with Crippen molar-refractivity contribution in [1.82, 2.24) is 19.6 Å². The van der Waals surface area contributed by atoms with E-state index in [0.717, 1.165) is 21.2 Å². The van der Waals surface area contributed by atoms with Gasteiger partial charge in [-0.2, -0.15) is 9.50 Å². The molecule has 0 aliphatic rings. The molecule has 0 unspecified atom stereocenters. The lowest BCUT2D eigenvalue weighted by Crippen LogP contribution is -1.93. The van der Waals surface area contributed by atoms with Crippen molar-refractivity contribution >= 4 is 22.2 Å². The highest BCUT2D eigenvalue weighted by molar-refractivity contribution is 7.17. The summed E-state index contributed by atoms with van der Waals surface area (Å²) in [5.41, 5.74) is 7.42. The van der Waals surface area contributed by atoms with Gasteiger partial charge in [0, 0.05) is 11.1 Å². The third kappa shape index (κ3) is 1.27. The van der Waals surface area contributed by atoms with Gasteiger partial charge in [0.25, 0.3) is 0 Å². The Balaban J connectivity index is 2.33. The van der Waals surface area contributed by atoms with Crippen molar-refractivity contribution in [2.45, 2.75) is 6.92 Å². The minimum atomic E-state index is 0.295. The molecule has 0 bridgehead atoms. The van der Waals surface area contributed by atoms with Crippen LogP contribution >= 0.6 is 11.3 Å². The number of aryl methyl sites for hydroxylation is 1. The van der Waals surface area contributed by atoms with Crippen molar-refractivity contribution < 1.29 is 0 Å². The highest BCUT2D eigenvalue weighted by atomic mass is 32.1. The van der Waals surface area contributed by atoms with Crippen molar-refractivity contribution in [1.29, 1.82) is 0 Å². The predicted octanol–water partition coefficient (Wildman–Crippen LogP) is 1.74. The van der Waals surface area contributed by atoms with E-state index in [1.165, 1.54) is 0 Å². The molecule has 2 N–H and O–H groups in total. The Hall–Kier alpha value is -1.95. The number of rotatable bonds is 1. The number of fused-ring (bicyclic) bond motifs is 1. The van der Waals surface area contributed by atoms with E-state index in [1.54, 1.807) is 22.0 Å². The molecule has 0 radical (unpaired) electrons. The number of nitrogens with two attached hydrogens (primary N) is 1. The van der Waals surface area contributed by atoms with Crippen molar-refractivity contribution in [2.75, 3.05) is 5.73 Å². The molecular formula is C10H9N5S. The van der Waals surface area contributed by atoms with E-state index >= 15 is 0 Å². The molecule has 3 aromatic heterocycles. The summed E-state index contributed by atoms with van der Waals surface area (Å²) in [7, 11) is 0. The molecule has 16 heavy (non-hydrogen) atoms. The lowest BCUT2D eigenvalue weighted by Gasteiger charge is -1.98. The molecule has 3 heterocycles. The maximum Gasteiger partial charge on any atom is 0.241 e. The Morgan fingerprint density at radius 3 is 3.00 bits per heavy atom. The molecule has 3 rings (SSSR count). The highest BCUT2D eigenvalue weighted by Gasteiger charge is 2.14. The minimum absolute atomic E-state index is 0.295. The third-order valence-corrected chi connectivity index (χ3v) is 3.24. The Morgan fingerprint density at radius 2 is 2.25 bits per heavy atom. The predicted molar refractivity (Wildman–Crippen MR) is 63.2 cm³/mol. The zero-order valence-electron chi connectivity index (χ0n) is 8.58. The fourth-order valence-electron chi connectivity index (χ4n) is 1.65. The second-order valence-electron chi connectivity index (χ2n) is 3.39. The van der Waals surface area contributed by atoms with E-state index in [9.17, 15) is 0 Å². The summed E-state index contributed by atoms with van der Waals surface area (Å²) < 4.78 is 1.75. The van der Waals surface area contributed by atoms with Gasteiger partial charge in [-0.05, 0) is 19.1 Å². The molecule has 0 fully saturated rings. The second-order valence-corrected chi connectivity index (χ2v) is 4.57. The first kappa shape index (κ1) is 9.29. The van der Waals surface area contributed by atoms with Gasteiger partial charge >= 0.3 is 0 Å². The quantitative estimate of drug-likeness (QED) is 0.692. The van der Waals surface area contributed by atoms with Gasteiger partial charge in [0.1, 0.15) is 5.69 Å². The summed E-state index contributed by atoms with van der Waals surface area (Å²) in [5.74, 6) is 0.295. The number of nitrogen functional groups attached to an aromatic ring is 1. The standard InChI is InChI=1S/C10H9N5S/c1-6-8(7-4-2-3-5-12-7)15-10(16-6)13-9(11)14-15/h2-5H,1H3,(H2,11,14). The number of pyridine rings is 1. The molecule has 0 spiro atoms. The molecule has 0 aromatic carbocycles. The number of aromatic nitrogens is 4. The van der Waals surface area contributed by atoms with Crippen LogP contribution in [-0.2, 0) is 0 Å². The number of anilines is 1. The number of thiazole rings is 1. The van der Waals surface area contributed by atoms with Crippen LogP contribution in [0.15, 0.2) is 24.4 Å². The van der Waals surface area contributed by atoms with Gasteiger partial charge in [-0.15, -0.1) is 5.10 Å². The van der Waals surface area contributed by atoms with Gasteiger partial charge in [-0.25, -0.2) is 0 Å². The van der Waals surface area contributed by atoms with Crippen LogP contribution in [0.4, 0.5) is 5.95 Å². The molecule has 0 saturated carbocycles. The number of nitrogens with zero attached hydrogens (tertiary/aromatic N) is 4. The zero-order chi connectivity index (χ0) is 11.1. The molecular weight excluding hydrogens is 222 g/mol. The highest BCUT2D eigenvalue weighted by Crippen LogP contribution is 2.28. The normalized spacial score (nSPS) is 11.1. The van der Waals surface area contributed by atoms with E-state index in [2.05, 4.69) is 15.1 Å². The lowest BCUT2D eigenvalue weighted by atomic mass is 10.2. The van der Waals surface area contributed by atoms with Crippen LogP contribution in [0.3, 0.4) is 0 Å². The van der Waals surface area contributed by atoms with E-state index < -0.39 is 0 Å². The fourth-order valence-corrected chi connectivity index (χ4v) is 2.57. The topological polar surface area (TPSA) is 69.1 Å². The van der Waals surface area contributed by atoms with Gasteiger partial charge < -0.3 is 5.73 Å². The first-order chi connectivity index (χ1) is 7.75. The summed E-state index contributed by atoms with van der Waals surface area (Å²) in [6, 6.07) is 5.79. The van der Waals surface area contributed by atoms with Gasteiger partial charge in [-0.3, -0.25) is 4.98 Å². The maximum absolute atomic E-state index is 5.58. The average Bonchev–Trinajstić information content (AvgIpc) is 2.74. The maximum atomic E-state index is 5.58. The second kappa shape index (κ2) is 3.28. The van der Waals surface area contributed by atoms with Crippen molar-refractivity contribution in [2.24, 2.45) is 0 Å². The Bertz CT molecular complexity index is 640. The molecule has 80 valence electrons. The summed E-state index contributed by atoms with van der Waals surface area (Å²) in [5, 5.41) is 4.16. The van der Waals surface area contributed by atoms with E-state index in [0.29, 0.717) is 5.95 Å².